The molecule has 27 heavy (non-hydrogen) atoms. The molecule has 0 aliphatic carbocycles. The number of nitrogens with zero attached hydrogens (tertiary/aromatic N) is 4. The molecule has 1 N–H and O–H groups in total. The van der Waals surface area contributed by atoms with E-state index < -0.39 is 0 Å². The van der Waals surface area contributed by atoms with E-state index in [0.29, 0.717) is 43.4 Å². The zero-order chi connectivity index (χ0) is 19.0. The van der Waals surface area contributed by atoms with Crippen LogP contribution >= 0.6 is 0 Å². The summed E-state index contributed by atoms with van der Waals surface area (Å²) < 4.78 is 9.23. The van der Waals surface area contributed by atoms with Gasteiger partial charge in [-0.15, -0.1) is 0 Å². The smallest absolute Gasteiger partial charge is 0.290 e. The fourth-order valence-corrected chi connectivity index (χ4v) is 3.23. The van der Waals surface area contributed by atoms with Gasteiger partial charge in [-0.1, -0.05) is 0 Å². The third-order valence-corrected chi connectivity index (χ3v) is 4.70. The molecule has 0 radical (unpaired) electrons. The summed E-state index contributed by atoms with van der Waals surface area (Å²) in [5.41, 5.74) is 1.38. The molecule has 3 aromatic rings. The van der Waals surface area contributed by atoms with Crippen molar-refractivity contribution in [3.63, 3.8) is 0 Å². The number of furan rings is 1. The van der Waals surface area contributed by atoms with Crippen LogP contribution in [0.2, 0.25) is 0 Å². The van der Waals surface area contributed by atoms with Gasteiger partial charge in [0, 0.05) is 32.5 Å². The Hall–Kier alpha value is -3.29. The van der Waals surface area contributed by atoms with Crippen LogP contribution in [0.25, 0.3) is 0 Å². The highest BCUT2D eigenvalue weighted by Crippen LogP contribution is 2.17. The highest BCUT2D eigenvalue weighted by molar-refractivity contribution is 5.92. The van der Waals surface area contributed by atoms with E-state index in [1.807, 2.05) is 37.0 Å². The number of hydrogen-bond acceptors (Lipinski definition) is 4. The maximum absolute atomic E-state index is 12.5. The summed E-state index contributed by atoms with van der Waals surface area (Å²) >= 11 is 0. The van der Waals surface area contributed by atoms with Crippen molar-refractivity contribution in [3.05, 3.63) is 65.4 Å². The molecule has 1 aliphatic heterocycles. The van der Waals surface area contributed by atoms with E-state index in [0.717, 1.165) is 11.5 Å². The average molecular weight is 367 g/mol. The summed E-state index contributed by atoms with van der Waals surface area (Å²) in [6.45, 7) is 3.84. The van der Waals surface area contributed by atoms with E-state index in [4.69, 9.17) is 4.42 Å². The first-order chi connectivity index (χ1) is 13.0. The molecule has 0 aromatic carbocycles. The van der Waals surface area contributed by atoms with Gasteiger partial charge in [-0.2, -0.15) is 0 Å². The summed E-state index contributed by atoms with van der Waals surface area (Å²) in [5.74, 6) is 1.60. The van der Waals surface area contributed by atoms with E-state index in [9.17, 15) is 9.59 Å². The Bertz CT molecular complexity index is 997. The molecule has 0 unspecified atom stereocenters. The molecule has 2 amide bonds. The number of fused-ring (bicyclic) bond motifs is 1. The lowest BCUT2D eigenvalue weighted by molar-refractivity contribution is 0.0673. The van der Waals surface area contributed by atoms with Gasteiger partial charge in [0.15, 0.2) is 5.76 Å². The second-order valence-electron chi connectivity index (χ2n) is 6.67. The highest BCUT2D eigenvalue weighted by atomic mass is 16.3. The van der Waals surface area contributed by atoms with Crippen LogP contribution in [0.5, 0.6) is 0 Å². The maximum atomic E-state index is 12.5. The van der Waals surface area contributed by atoms with Crippen molar-refractivity contribution in [3.8, 4) is 0 Å². The standard InChI is InChI=1S/C19H21N5O3/c1-13-5-6-16(27-13)19(26)24-9-8-23-11-14(21-17(23)12-24)10-20-18(25)15-4-3-7-22(15)2/h3-7,11H,8-10,12H2,1-2H3,(H,20,25). The monoisotopic (exact) mass is 367 g/mol. The molecule has 0 spiro atoms. The van der Waals surface area contributed by atoms with Crippen LogP contribution in [0.3, 0.4) is 0 Å². The van der Waals surface area contributed by atoms with Crippen molar-refractivity contribution in [1.82, 2.24) is 24.3 Å². The van der Waals surface area contributed by atoms with Gasteiger partial charge in [0.05, 0.1) is 18.8 Å². The number of hydrogen-bond donors (Lipinski definition) is 1. The minimum atomic E-state index is -0.140. The molecule has 140 valence electrons. The zero-order valence-corrected chi connectivity index (χ0v) is 15.3. The molecule has 4 heterocycles. The number of carbonyl (C=O) groups is 2. The summed E-state index contributed by atoms with van der Waals surface area (Å²) in [6, 6.07) is 7.08. The topological polar surface area (TPSA) is 85.3 Å². The maximum Gasteiger partial charge on any atom is 0.290 e. The van der Waals surface area contributed by atoms with Crippen LogP contribution in [0.4, 0.5) is 0 Å². The number of aromatic nitrogens is 3. The summed E-state index contributed by atoms with van der Waals surface area (Å²) in [5, 5.41) is 2.88. The first kappa shape index (κ1) is 17.1. The van der Waals surface area contributed by atoms with Crippen molar-refractivity contribution >= 4 is 11.8 Å². The lowest BCUT2D eigenvalue weighted by Crippen LogP contribution is -2.38. The van der Waals surface area contributed by atoms with Crippen LogP contribution in [0.15, 0.2) is 41.1 Å². The SMILES string of the molecule is Cc1ccc(C(=O)N2CCn3cc(CNC(=O)c4cccn4C)nc3C2)o1. The largest absolute Gasteiger partial charge is 0.456 e. The number of rotatable bonds is 4. The molecule has 8 heteroatoms. The fourth-order valence-electron chi connectivity index (χ4n) is 3.23. The van der Waals surface area contributed by atoms with Gasteiger partial charge in [-0.05, 0) is 31.2 Å². The molecule has 3 aromatic heterocycles. The molecule has 0 fully saturated rings. The number of aryl methyl sites for hydroxylation is 2. The highest BCUT2D eigenvalue weighted by Gasteiger charge is 2.25. The van der Waals surface area contributed by atoms with Crippen LogP contribution in [0.1, 0.15) is 38.3 Å². The van der Waals surface area contributed by atoms with Gasteiger partial charge < -0.3 is 23.8 Å². The Kier molecular flexibility index (Phi) is 4.31. The second-order valence-corrected chi connectivity index (χ2v) is 6.67. The van der Waals surface area contributed by atoms with E-state index in [1.54, 1.807) is 27.7 Å². The Balaban J connectivity index is 1.41. The molecule has 0 saturated carbocycles. The third kappa shape index (κ3) is 3.38. The third-order valence-electron chi connectivity index (χ3n) is 4.70. The lowest BCUT2D eigenvalue weighted by atomic mass is 10.3. The first-order valence-electron chi connectivity index (χ1n) is 8.81. The van der Waals surface area contributed by atoms with E-state index >= 15 is 0 Å². The molecule has 8 nitrogen and oxygen atoms in total. The molecular weight excluding hydrogens is 346 g/mol. The summed E-state index contributed by atoms with van der Waals surface area (Å²) in [7, 11) is 1.83. The minimum absolute atomic E-state index is 0.129. The number of carbonyl (C=O) groups excluding carboxylic acids is 2. The van der Waals surface area contributed by atoms with Gasteiger partial charge in [0.1, 0.15) is 17.3 Å². The average Bonchev–Trinajstić information content (AvgIpc) is 3.37. The van der Waals surface area contributed by atoms with Crippen LogP contribution < -0.4 is 5.32 Å². The number of imidazole rings is 1. The molecular formula is C19H21N5O3. The zero-order valence-electron chi connectivity index (χ0n) is 15.3. The predicted octanol–water partition coefficient (Wildman–Crippen LogP) is 1.71. The second kappa shape index (κ2) is 6.79. The Labute approximate surface area is 156 Å². The Morgan fingerprint density at radius 3 is 2.81 bits per heavy atom. The van der Waals surface area contributed by atoms with Crippen molar-refractivity contribution in [2.24, 2.45) is 7.05 Å². The fraction of sp³-hybridized carbons (Fsp3) is 0.316. The van der Waals surface area contributed by atoms with Gasteiger partial charge in [0.25, 0.3) is 11.8 Å². The van der Waals surface area contributed by atoms with Crippen LogP contribution in [0, 0.1) is 6.92 Å². The van der Waals surface area contributed by atoms with Gasteiger partial charge in [-0.25, -0.2) is 4.98 Å². The van der Waals surface area contributed by atoms with Crippen molar-refractivity contribution in [2.75, 3.05) is 6.54 Å². The summed E-state index contributed by atoms with van der Waals surface area (Å²) in [4.78, 5) is 31.1. The molecule has 0 saturated heterocycles. The molecule has 0 atom stereocenters. The van der Waals surface area contributed by atoms with Crippen molar-refractivity contribution in [1.29, 1.82) is 0 Å². The van der Waals surface area contributed by atoms with Gasteiger partial charge >= 0.3 is 0 Å². The molecule has 4 rings (SSSR count). The normalized spacial score (nSPS) is 13.5. The Morgan fingerprint density at radius 1 is 1.26 bits per heavy atom. The minimum Gasteiger partial charge on any atom is -0.456 e. The first-order valence-corrected chi connectivity index (χ1v) is 8.81. The van der Waals surface area contributed by atoms with Gasteiger partial charge in [0.2, 0.25) is 0 Å². The van der Waals surface area contributed by atoms with Crippen molar-refractivity contribution < 1.29 is 14.0 Å². The van der Waals surface area contributed by atoms with Crippen molar-refractivity contribution in [2.45, 2.75) is 26.6 Å². The number of amides is 2. The summed E-state index contributed by atoms with van der Waals surface area (Å²) in [6.07, 6.45) is 3.76. The molecule has 1 aliphatic rings. The van der Waals surface area contributed by atoms with Crippen LogP contribution in [-0.2, 0) is 26.7 Å². The van der Waals surface area contributed by atoms with E-state index in [2.05, 4.69) is 10.3 Å². The Morgan fingerprint density at radius 2 is 2.11 bits per heavy atom. The lowest BCUT2D eigenvalue weighted by Gasteiger charge is -2.26. The quantitative estimate of drug-likeness (QED) is 0.761. The van der Waals surface area contributed by atoms with E-state index in [-0.39, 0.29) is 11.8 Å². The number of nitrogens with one attached hydrogen (secondary N) is 1. The van der Waals surface area contributed by atoms with E-state index in [1.165, 1.54) is 0 Å². The predicted molar refractivity (Wildman–Crippen MR) is 97.0 cm³/mol. The van der Waals surface area contributed by atoms with Crippen LogP contribution in [-0.4, -0.2) is 37.4 Å². The van der Waals surface area contributed by atoms with Gasteiger partial charge in [-0.3, -0.25) is 9.59 Å². The molecule has 0 bridgehead atoms.